The zero-order valence-electron chi connectivity index (χ0n) is 9.89. The number of urea groups is 1. The second-order valence-corrected chi connectivity index (χ2v) is 4.72. The Hall–Kier alpha value is -1.20. The number of hydrogen-bond acceptors (Lipinski definition) is 3. The van der Waals surface area contributed by atoms with E-state index in [0.717, 1.165) is 36.8 Å². The number of anilines is 1. The Morgan fingerprint density at radius 2 is 1.88 bits per heavy atom. The molecular formula is C12H17N3OS. The summed E-state index contributed by atoms with van der Waals surface area (Å²) in [6.07, 6.45) is 0. The maximum absolute atomic E-state index is 12.0. The summed E-state index contributed by atoms with van der Waals surface area (Å²) in [5.41, 5.74) is 0.764. The van der Waals surface area contributed by atoms with Crippen molar-refractivity contribution < 1.29 is 4.79 Å². The number of para-hydroxylation sites is 1. The lowest BCUT2D eigenvalue weighted by molar-refractivity contribution is 0.164. The van der Waals surface area contributed by atoms with E-state index in [1.165, 1.54) is 0 Å². The van der Waals surface area contributed by atoms with Crippen molar-refractivity contribution in [3.63, 3.8) is 0 Å². The van der Waals surface area contributed by atoms with Crippen LogP contribution in [0.1, 0.15) is 0 Å². The predicted octanol–water partition coefficient (Wildman–Crippen LogP) is 1.75. The molecule has 1 aromatic carbocycles. The van der Waals surface area contributed by atoms with Crippen molar-refractivity contribution in [3.05, 3.63) is 24.3 Å². The summed E-state index contributed by atoms with van der Waals surface area (Å²) in [7, 11) is 2.07. The minimum absolute atomic E-state index is 0.0420. The zero-order chi connectivity index (χ0) is 12.3. The minimum Gasteiger partial charge on any atom is -0.322 e. The topological polar surface area (TPSA) is 35.6 Å². The van der Waals surface area contributed by atoms with Gasteiger partial charge in [-0.15, -0.1) is 12.6 Å². The Morgan fingerprint density at radius 1 is 1.24 bits per heavy atom. The van der Waals surface area contributed by atoms with Crippen molar-refractivity contribution in [1.82, 2.24) is 9.80 Å². The van der Waals surface area contributed by atoms with Crippen LogP contribution < -0.4 is 5.32 Å². The highest BCUT2D eigenvalue weighted by Gasteiger charge is 2.19. The number of piperazine rings is 1. The monoisotopic (exact) mass is 251 g/mol. The molecule has 1 saturated heterocycles. The molecule has 0 saturated carbocycles. The van der Waals surface area contributed by atoms with E-state index in [1.54, 1.807) is 0 Å². The van der Waals surface area contributed by atoms with Gasteiger partial charge in [-0.05, 0) is 19.2 Å². The van der Waals surface area contributed by atoms with Crippen LogP contribution in [0.4, 0.5) is 10.5 Å². The van der Waals surface area contributed by atoms with Crippen LogP contribution in [0.25, 0.3) is 0 Å². The van der Waals surface area contributed by atoms with Crippen LogP contribution in [0.15, 0.2) is 29.2 Å². The van der Waals surface area contributed by atoms with E-state index in [0.29, 0.717) is 0 Å². The number of benzene rings is 1. The quantitative estimate of drug-likeness (QED) is 0.746. The fraction of sp³-hybridized carbons (Fsp3) is 0.417. The fourth-order valence-electron chi connectivity index (χ4n) is 1.78. The van der Waals surface area contributed by atoms with Crippen LogP contribution in [-0.2, 0) is 0 Å². The van der Waals surface area contributed by atoms with Crippen molar-refractivity contribution in [3.8, 4) is 0 Å². The van der Waals surface area contributed by atoms with Gasteiger partial charge in [-0.25, -0.2) is 4.79 Å². The summed E-state index contributed by atoms with van der Waals surface area (Å²) in [4.78, 5) is 16.8. The smallest absolute Gasteiger partial charge is 0.321 e. The van der Waals surface area contributed by atoms with Crippen molar-refractivity contribution in [2.75, 3.05) is 38.5 Å². The van der Waals surface area contributed by atoms with Crippen molar-refractivity contribution in [2.45, 2.75) is 4.90 Å². The van der Waals surface area contributed by atoms with E-state index >= 15 is 0 Å². The number of nitrogens with one attached hydrogen (secondary N) is 1. The number of hydrogen-bond donors (Lipinski definition) is 2. The van der Waals surface area contributed by atoms with Crippen LogP contribution in [0.3, 0.4) is 0 Å². The van der Waals surface area contributed by atoms with Gasteiger partial charge in [-0.3, -0.25) is 0 Å². The summed E-state index contributed by atoms with van der Waals surface area (Å²) in [5, 5.41) is 2.89. The molecule has 4 nitrogen and oxygen atoms in total. The average Bonchev–Trinajstić information content (AvgIpc) is 2.33. The number of nitrogens with zero attached hydrogens (tertiary/aromatic N) is 2. The highest BCUT2D eigenvalue weighted by Crippen LogP contribution is 2.19. The van der Waals surface area contributed by atoms with Crippen LogP contribution in [0.5, 0.6) is 0 Å². The third-order valence-corrected chi connectivity index (χ3v) is 3.33. The van der Waals surface area contributed by atoms with Crippen molar-refractivity contribution in [2.24, 2.45) is 0 Å². The van der Waals surface area contributed by atoms with Crippen LogP contribution in [0.2, 0.25) is 0 Å². The molecule has 1 aromatic rings. The number of rotatable bonds is 1. The van der Waals surface area contributed by atoms with Gasteiger partial charge in [0.05, 0.1) is 5.69 Å². The molecule has 17 heavy (non-hydrogen) atoms. The summed E-state index contributed by atoms with van der Waals surface area (Å²) >= 11 is 4.31. The van der Waals surface area contributed by atoms with Crippen LogP contribution in [-0.4, -0.2) is 49.1 Å². The largest absolute Gasteiger partial charge is 0.322 e. The summed E-state index contributed by atoms with van der Waals surface area (Å²) in [5.74, 6) is 0. The van der Waals surface area contributed by atoms with E-state index in [-0.39, 0.29) is 6.03 Å². The van der Waals surface area contributed by atoms with Gasteiger partial charge < -0.3 is 15.1 Å². The molecule has 2 rings (SSSR count). The van der Waals surface area contributed by atoms with E-state index in [1.807, 2.05) is 29.2 Å². The number of carbonyl (C=O) groups is 1. The normalized spacial score (nSPS) is 16.9. The standard InChI is InChI=1S/C12H17N3OS/c1-14-6-8-15(9-7-14)12(16)13-10-4-2-3-5-11(10)17/h2-5,17H,6-9H2,1H3,(H,13,16). The summed E-state index contributed by atoms with van der Waals surface area (Å²) < 4.78 is 0. The SMILES string of the molecule is CN1CCN(C(=O)Nc2ccccc2S)CC1. The first-order valence-corrected chi connectivity index (χ1v) is 6.14. The van der Waals surface area contributed by atoms with Gasteiger partial charge in [-0.1, -0.05) is 12.1 Å². The molecule has 1 N–H and O–H groups in total. The first-order valence-electron chi connectivity index (χ1n) is 5.69. The Balaban J connectivity index is 1.95. The number of amides is 2. The van der Waals surface area contributed by atoms with Gasteiger partial charge in [0.25, 0.3) is 0 Å². The highest BCUT2D eigenvalue weighted by molar-refractivity contribution is 7.80. The predicted molar refractivity (Wildman–Crippen MR) is 71.8 cm³/mol. The van der Waals surface area contributed by atoms with Gasteiger partial charge in [0.15, 0.2) is 0 Å². The lowest BCUT2D eigenvalue weighted by Gasteiger charge is -2.32. The highest BCUT2D eigenvalue weighted by atomic mass is 32.1. The molecule has 2 amide bonds. The Bertz CT molecular complexity index is 402. The van der Waals surface area contributed by atoms with E-state index < -0.39 is 0 Å². The van der Waals surface area contributed by atoms with Gasteiger partial charge >= 0.3 is 6.03 Å². The van der Waals surface area contributed by atoms with E-state index in [2.05, 4.69) is 29.9 Å². The molecular weight excluding hydrogens is 234 g/mol. The van der Waals surface area contributed by atoms with Crippen molar-refractivity contribution in [1.29, 1.82) is 0 Å². The molecule has 0 spiro atoms. The number of thiol groups is 1. The lowest BCUT2D eigenvalue weighted by atomic mass is 10.3. The van der Waals surface area contributed by atoms with Crippen LogP contribution in [0, 0.1) is 0 Å². The first kappa shape index (κ1) is 12.3. The van der Waals surface area contributed by atoms with Gasteiger partial charge in [0.2, 0.25) is 0 Å². The maximum atomic E-state index is 12.0. The lowest BCUT2D eigenvalue weighted by Crippen LogP contribution is -2.48. The molecule has 1 aliphatic rings. The molecule has 0 unspecified atom stereocenters. The molecule has 5 heteroatoms. The molecule has 0 aromatic heterocycles. The van der Waals surface area contributed by atoms with Crippen molar-refractivity contribution >= 4 is 24.3 Å². The third kappa shape index (κ3) is 3.14. The first-order chi connectivity index (χ1) is 8.16. The Labute approximate surface area is 107 Å². The second-order valence-electron chi connectivity index (χ2n) is 4.24. The summed E-state index contributed by atoms with van der Waals surface area (Å²) in [6.45, 7) is 3.40. The van der Waals surface area contributed by atoms with Gasteiger partial charge in [0, 0.05) is 31.1 Å². The maximum Gasteiger partial charge on any atom is 0.321 e. The number of carbonyl (C=O) groups excluding carboxylic acids is 1. The van der Waals surface area contributed by atoms with E-state index in [4.69, 9.17) is 0 Å². The molecule has 0 atom stereocenters. The average molecular weight is 251 g/mol. The molecule has 1 heterocycles. The molecule has 0 aliphatic carbocycles. The molecule has 0 bridgehead atoms. The van der Waals surface area contributed by atoms with Gasteiger partial charge in [0.1, 0.15) is 0 Å². The van der Waals surface area contributed by atoms with Crippen LogP contribution >= 0.6 is 12.6 Å². The van der Waals surface area contributed by atoms with Gasteiger partial charge in [-0.2, -0.15) is 0 Å². The van der Waals surface area contributed by atoms with E-state index in [9.17, 15) is 4.79 Å². The third-order valence-electron chi connectivity index (χ3n) is 2.94. The molecule has 1 fully saturated rings. The second kappa shape index (κ2) is 5.42. The minimum atomic E-state index is -0.0420. The Morgan fingerprint density at radius 3 is 2.53 bits per heavy atom. The fourth-order valence-corrected chi connectivity index (χ4v) is 2.00. The molecule has 0 radical (unpaired) electrons. The summed E-state index contributed by atoms with van der Waals surface area (Å²) in [6, 6.07) is 7.46. The zero-order valence-corrected chi connectivity index (χ0v) is 10.8. The number of likely N-dealkylation sites (N-methyl/N-ethyl adjacent to an activating group) is 1. The molecule has 92 valence electrons. The Kier molecular flexibility index (Phi) is 3.91. The molecule has 1 aliphatic heterocycles.